The summed E-state index contributed by atoms with van der Waals surface area (Å²) in [5.41, 5.74) is 11.0. The maximum atomic E-state index is 6.61. The van der Waals surface area contributed by atoms with Gasteiger partial charge in [0.1, 0.15) is 12.0 Å². The van der Waals surface area contributed by atoms with E-state index in [1.165, 1.54) is 16.8 Å². The second kappa shape index (κ2) is 7.87. The largest absolute Gasteiger partial charge is 0.454 e. The van der Waals surface area contributed by atoms with Crippen molar-refractivity contribution >= 4 is 23.0 Å². The minimum absolute atomic E-state index is 0.308. The molecule has 3 aliphatic heterocycles. The molecule has 3 aromatic rings. The summed E-state index contributed by atoms with van der Waals surface area (Å²) in [6.07, 6.45) is 2.65. The van der Waals surface area contributed by atoms with Gasteiger partial charge >= 0.3 is 0 Å². The number of rotatable bonds is 4. The smallest absolute Gasteiger partial charge is 0.231 e. The number of hydrogen-bond donors (Lipinski definition) is 1. The van der Waals surface area contributed by atoms with E-state index >= 15 is 0 Å². The number of aromatic nitrogens is 2. The third-order valence-electron chi connectivity index (χ3n) is 6.50. The van der Waals surface area contributed by atoms with Crippen LogP contribution in [0.4, 0.5) is 23.0 Å². The monoisotopic (exact) mass is 430 g/mol. The van der Waals surface area contributed by atoms with Crippen molar-refractivity contribution in [1.82, 2.24) is 14.9 Å². The number of benzene rings is 2. The van der Waals surface area contributed by atoms with Crippen molar-refractivity contribution in [3.63, 3.8) is 0 Å². The lowest BCUT2D eigenvalue weighted by atomic mass is 10.1. The minimum atomic E-state index is 0.308. The van der Waals surface area contributed by atoms with Gasteiger partial charge < -0.3 is 25.0 Å². The lowest BCUT2D eigenvalue weighted by Gasteiger charge is -2.36. The zero-order valence-corrected chi connectivity index (χ0v) is 17.9. The molecule has 4 heterocycles. The van der Waals surface area contributed by atoms with Crippen molar-refractivity contribution in [2.24, 2.45) is 0 Å². The quantitative estimate of drug-likeness (QED) is 0.677. The molecular weight excluding hydrogens is 404 g/mol. The van der Waals surface area contributed by atoms with Crippen LogP contribution in [0, 0.1) is 0 Å². The van der Waals surface area contributed by atoms with Crippen molar-refractivity contribution in [2.45, 2.75) is 13.0 Å². The fourth-order valence-corrected chi connectivity index (χ4v) is 4.82. The van der Waals surface area contributed by atoms with Crippen LogP contribution in [0.5, 0.6) is 11.5 Å². The Morgan fingerprint density at radius 3 is 2.59 bits per heavy atom. The van der Waals surface area contributed by atoms with E-state index in [2.05, 4.69) is 61.1 Å². The van der Waals surface area contributed by atoms with Crippen molar-refractivity contribution in [3.05, 3.63) is 59.9 Å². The summed E-state index contributed by atoms with van der Waals surface area (Å²) in [7, 11) is 0. The van der Waals surface area contributed by atoms with Gasteiger partial charge in [-0.05, 0) is 35.7 Å². The standard InChI is InChI=1S/C24H26N6O2/c25-22-23(26-15-27-24(22)30-8-7-18-3-1-2-4-19(18)30)29-11-9-28(10-12-29)14-17-5-6-20-21(13-17)32-16-31-20/h1-6,13,15H,7-12,14,16,25H2. The van der Waals surface area contributed by atoms with E-state index in [0.717, 1.165) is 68.8 Å². The Hall–Kier alpha value is -3.52. The maximum Gasteiger partial charge on any atom is 0.231 e. The molecule has 1 fully saturated rings. The summed E-state index contributed by atoms with van der Waals surface area (Å²) < 4.78 is 10.9. The molecule has 164 valence electrons. The normalized spacial score (nSPS) is 17.6. The molecule has 1 aromatic heterocycles. The molecule has 8 nitrogen and oxygen atoms in total. The topological polar surface area (TPSA) is 80.0 Å². The van der Waals surface area contributed by atoms with Gasteiger partial charge in [0.05, 0.1) is 0 Å². The number of anilines is 4. The van der Waals surface area contributed by atoms with Crippen LogP contribution in [0.15, 0.2) is 48.8 Å². The first-order valence-corrected chi connectivity index (χ1v) is 11.1. The average molecular weight is 431 g/mol. The molecule has 2 N–H and O–H groups in total. The lowest BCUT2D eigenvalue weighted by Crippen LogP contribution is -2.46. The molecule has 0 unspecified atom stereocenters. The Bertz CT molecular complexity index is 1150. The van der Waals surface area contributed by atoms with Crippen LogP contribution in [0.2, 0.25) is 0 Å². The summed E-state index contributed by atoms with van der Waals surface area (Å²) in [4.78, 5) is 16.0. The van der Waals surface area contributed by atoms with Gasteiger partial charge in [-0.15, -0.1) is 0 Å². The van der Waals surface area contributed by atoms with Crippen LogP contribution >= 0.6 is 0 Å². The number of nitrogens with two attached hydrogens (primary N) is 1. The maximum absolute atomic E-state index is 6.61. The van der Waals surface area contributed by atoms with E-state index in [0.29, 0.717) is 12.5 Å². The second-order valence-electron chi connectivity index (χ2n) is 8.42. The third kappa shape index (κ3) is 3.36. The number of nitrogen functional groups attached to an aromatic ring is 1. The van der Waals surface area contributed by atoms with E-state index in [1.54, 1.807) is 6.33 Å². The molecule has 0 saturated carbocycles. The molecule has 0 amide bonds. The molecule has 0 aliphatic carbocycles. The van der Waals surface area contributed by atoms with Crippen LogP contribution in [0.25, 0.3) is 0 Å². The van der Waals surface area contributed by atoms with Gasteiger partial charge in [0, 0.05) is 45.0 Å². The highest BCUT2D eigenvalue weighted by molar-refractivity contribution is 5.81. The first kappa shape index (κ1) is 19.2. The van der Waals surface area contributed by atoms with E-state index < -0.39 is 0 Å². The van der Waals surface area contributed by atoms with Crippen molar-refractivity contribution in [2.75, 3.05) is 55.1 Å². The van der Waals surface area contributed by atoms with Gasteiger partial charge in [-0.25, -0.2) is 9.97 Å². The average Bonchev–Trinajstić information content (AvgIpc) is 3.47. The Balaban J connectivity index is 1.15. The number of nitrogens with zero attached hydrogens (tertiary/aromatic N) is 5. The molecular formula is C24H26N6O2. The highest BCUT2D eigenvalue weighted by Crippen LogP contribution is 2.38. The van der Waals surface area contributed by atoms with Gasteiger partial charge in [-0.1, -0.05) is 24.3 Å². The molecule has 0 spiro atoms. The Kier molecular flexibility index (Phi) is 4.72. The number of hydrogen-bond acceptors (Lipinski definition) is 8. The summed E-state index contributed by atoms with van der Waals surface area (Å²) in [5, 5.41) is 0. The highest BCUT2D eigenvalue weighted by Gasteiger charge is 2.27. The van der Waals surface area contributed by atoms with Crippen LogP contribution in [-0.2, 0) is 13.0 Å². The van der Waals surface area contributed by atoms with Crippen LogP contribution < -0.4 is 25.0 Å². The summed E-state index contributed by atoms with van der Waals surface area (Å²) in [6, 6.07) is 14.6. The third-order valence-corrected chi connectivity index (χ3v) is 6.50. The predicted molar refractivity (Wildman–Crippen MR) is 124 cm³/mol. The zero-order chi connectivity index (χ0) is 21.5. The lowest BCUT2D eigenvalue weighted by molar-refractivity contribution is 0.174. The number of fused-ring (bicyclic) bond motifs is 2. The highest BCUT2D eigenvalue weighted by atomic mass is 16.7. The van der Waals surface area contributed by atoms with Gasteiger partial charge in [0.2, 0.25) is 6.79 Å². The van der Waals surface area contributed by atoms with E-state index in [4.69, 9.17) is 15.2 Å². The first-order chi connectivity index (χ1) is 15.8. The predicted octanol–water partition coefficient (Wildman–Crippen LogP) is 2.80. The van der Waals surface area contributed by atoms with Crippen molar-refractivity contribution < 1.29 is 9.47 Å². The number of piperazine rings is 1. The summed E-state index contributed by atoms with van der Waals surface area (Å²) >= 11 is 0. The fraction of sp³-hybridized carbons (Fsp3) is 0.333. The van der Waals surface area contributed by atoms with Crippen LogP contribution in [0.3, 0.4) is 0 Å². The molecule has 0 radical (unpaired) electrons. The molecule has 3 aliphatic rings. The molecule has 6 rings (SSSR count). The van der Waals surface area contributed by atoms with E-state index in [-0.39, 0.29) is 0 Å². The molecule has 32 heavy (non-hydrogen) atoms. The molecule has 8 heteroatoms. The SMILES string of the molecule is Nc1c(N2CCN(Cc3ccc4c(c3)OCO4)CC2)ncnc1N1CCc2ccccc21. The Morgan fingerprint density at radius 2 is 1.69 bits per heavy atom. The van der Waals surface area contributed by atoms with Crippen molar-refractivity contribution in [3.8, 4) is 11.5 Å². The number of ether oxygens (including phenoxy) is 2. The van der Waals surface area contributed by atoms with E-state index in [9.17, 15) is 0 Å². The van der Waals surface area contributed by atoms with Crippen LogP contribution in [-0.4, -0.2) is 54.4 Å². The van der Waals surface area contributed by atoms with Gasteiger partial charge in [0.15, 0.2) is 23.1 Å². The molecule has 0 atom stereocenters. The second-order valence-corrected chi connectivity index (χ2v) is 8.42. The minimum Gasteiger partial charge on any atom is -0.454 e. The summed E-state index contributed by atoms with van der Waals surface area (Å²) in [6.45, 7) is 5.73. The van der Waals surface area contributed by atoms with Crippen molar-refractivity contribution in [1.29, 1.82) is 0 Å². The number of para-hydroxylation sites is 1. The van der Waals surface area contributed by atoms with Gasteiger partial charge in [-0.2, -0.15) is 0 Å². The Morgan fingerprint density at radius 1 is 0.875 bits per heavy atom. The van der Waals surface area contributed by atoms with Gasteiger partial charge in [-0.3, -0.25) is 4.90 Å². The molecule has 2 aromatic carbocycles. The fourth-order valence-electron chi connectivity index (χ4n) is 4.82. The molecule has 0 bridgehead atoms. The Labute approximate surface area is 187 Å². The van der Waals surface area contributed by atoms with E-state index in [1.807, 2.05) is 6.07 Å². The summed E-state index contributed by atoms with van der Waals surface area (Å²) in [5.74, 6) is 3.31. The van der Waals surface area contributed by atoms with Gasteiger partial charge in [0.25, 0.3) is 0 Å². The zero-order valence-electron chi connectivity index (χ0n) is 17.9. The molecule has 1 saturated heterocycles. The first-order valence-electron chi connectivity index (χ1n) is 11.1. The van der Waals surface area contributed by atoms with Crippen LogP contribution in [0.1, 0.15) is 11.1 Å².